The number of carbonyl (C=O) groups is 1. The van der Waals surface area contributed by atoms with Crippen molar-refractivity contribution in [2.24, 2.45) is 0 Å². The summed E-state index contributed by atoms with van der Waals surface area (Å²) >= 11 is 6.45. The molecule has 4 rings (SSSR count). The van der Waals surface area contributed by atoms with E-state index in [1.807, 2.05) is 41.1 Å². The fourth-order valence-electron chi connectivity index (χ4n) is 2.68. The molecule has 3 aromatic heterocycles. The lowest BCUT2D eigenvalue weighted by Gasteiger charge is -2.01. The summed E-state index contributed by atoms with van der Waals surface area (Å²) in [4.78, 5) is 23.1. The number of hydrogen-bond donors (Lipinski definition) is 2. The number of H-pyrrole nitrogens is 1. The van der Waals surface area contributed by atoms with Crippen LogP contribution in [0.4, 0.5) is 0 Å². The van der Waals surface area contributed by atoms with Crippen LogP contribution in [0.1, 0.15) is 12.6 Å². The summed E-state index contributed by atoms with van der Waals surface area (Å²) in [6, 6.07) is 7.70. The molecule has 0 fully saturated rings. The average Bonchev–Trinajstić information content (AvgIpc) is 3.14. The Kier molecular flexibility index (Phi) is 3.46. The molecule has 0 aliphatic heterocycles. The third kappa shape index (κ3) is 2.61. The standard InChI is InChI=1S/C17H14ClN5O/c1-10(24)20-8-12-5-11-6-14(18)13(7-15(11)21-12)16-9-23-4-2-3-19-17(23)22-16/h2-7,9,21H,8H2,1H3,(H,20,24). The van der Waals surface area contributed by atoms with Crippen LogP contribution in [0.25, 0.3) is 27.9 Å². The first-order valence-electron chi connectivity index (χ1n) is 7.46. The van der Waals surface area contributed by atoms with E-state index in [2.05, 4.69) is 20.3 Å². The van der Waals surface area contributed by atoms with Crippen LogP contribution >= 0.6 is 11.6 Å². The largest absolute Gasteiger partial charge is 0.357 e. The first-order valence-corrected chi connectivity index (χ1v) is 7.83. The number of fused-ring (bicyclic) bond motifs is 2. The predicted octanol–water partition coefficient (Wildman–Crippen LogP) is 3.17. The van der Waals surface area contributed by atoms with Gasteiger partial charge in [0.1, 0.15) is 0 Å². The Morgan fingerprint density at radius 3 is 3.04 bits per heavy atom. The molecule has 3 heterocycles. The second kappa shape index (κ2) is 5.65. The number of benzene rings is 1. The minimum absolute atomic E-state index is 0.0652. The Hall–Kier alpha value is -2.86. The van der Waals surface area contributed by atoms with E-state index in [9.17, 15) is 4.79 Å². The highest BCUT2D eigenvalue weighted by Crippen LogP contribution is 2.32. The number of aromatic amines is 1. The van der Waals surface area contributed by atoms with E-state index in [1.54, 1.807) is 6.20 Å². The Morgan fingerprint density at radius 2 is 2.25 bits per heavy atom. The van der Waals surface area contributed by atoms with Crippen molar-refractivity contribution >= 4 is 34.2 Å². The van der Waals surface area contributed by atoms with Gasteiger partial charge in [0.05, 0.1) is 17.3 Å². The molecule has 24 heavy (non-hydrogen) atoms. The number of amides is 1. The van der Waals surface area contributed by atoms with E-state index in [4.69, 9.17) is 11.6 Å². The van der Waals surface area contributed by atoms with Crippen molar-refractivity contribution < 1.29 is 4.79 Å². The number of imidazole rings is 1. The fourth-order valence-corrected chi connectivity index (χ4v) is 2.95. The summed E-state index contributed by atoms with van der Waals surface area (Å²) < 4.78 is 1.85. The lowest BCUT2D eigenvalue weighted by Crippen LogP contribution is -2.18. The van der Waals surface area contributed by atoms with Gasteiger partial charge in [-0.25, -0.2) is 9.97 Å². The van der Waals surface area contributed by atoms with Crippen LogP contribution < -0.4 is 5.32 Å². The minimum Gasteiger partial charge on any atom is -0.357 e. The van der Waals surface area contributed by atoms with Gasteiger partial charge < -0.3 is 10.3 Å². The minimum atomic E-state index is -0.0652. The molecule has 120 valence electrons. The molecule has 0 aliphatic rings. The first kappa shape index (κ1) is 14.7. The highest BCUT2D eigenvalue weighted by molar-refractivity contribution is 6.34. The maximum Gasteiger partial charge on any atom is 0.234 e. The first-order chi connectivity index (χ1) is 11.6. The van der Waals surface area contributed by atoms with Crippen LogP contribution in [-0.2, 0) is 11.3 Å². The molecular formula is C17H14ClN5O. The van der Waals surface area contributed by atoms with E-state index in [0.717, 1.165) is 27.9 Å². The average molecular weight is 340 g/mol. The van der Waals surface area contributed by atoms with Crippen molar-refractivity contribution in [3.63, 3.8) is 0 Å². The summed E-state index contributed by atoms with van der Waals surface area (Å²) in [5, 5.41) is 4.39. The molecule has 2 N–H and O–H groups in total. The molecule has 6 nitrogen and oxygen atoms in total. The van der Waals surface area contributed by atoms with Crippen molar-refractivity contribution in [2.45, 2.75) is 13.5 Å². The zero-order chi connectivity index (χ0) is 16.7. The zero-order valence-electron chi connectivity index (χ0n) is 12.9. The Morgan fingerprint density at radius 1 is 1.38 bits per heavy atom. The van der Waals surface area contributed by atoms with Gasteiger partial charge in [0, 0.05) is 47.7 Å². The predicted molar refractivity (Wildman–Crippen MR) is 92.8 cm³/mol. The van der Waals surface area contributed by atoms with Gasteiger partial charge in [0.25, 0.3) is 0 Å². The third-order valence-corrected chi connectivity index (χ3v) is 4.12. The maximum absolute atomic E-state index is 11.0. The monoisotopic (exact) mass is 339 g/mol. The van der Waals surface area contributed by atoms with Gasteiger partial charge in [-0.2, -0.15) is 0 Å². The highest BCUT2D eigenvalue weighted by atomic mass is 35.5. The van der Waals surface area contributed by atoms with Crippen LogP contribution in [0.2, 0.25) is 5.02 Å². The van der Waals surface area contributed by atoms with Crippen LogP contribution in [0.3, 0.4) is 0 Å². The molecule has 0 unspecified atom stereocenters. The summed E-state index contributed by atoms with van der Waals surface area (Å²) in [6.45, 7) is 1.95. The number of halogens is 1. The molecule has 0 saturated carbocycles. The van der Waals surface area contributed by atoms with Gasteiger partial charge in [-0.1, -0.05) is 11.6 Å². The van der Waals surface area contributed by atoms with E-state index in [1.165, 1.54) is 6.92 Å². The molecule has 0 radical (unpaired) electrons. The van der Waals surface area contributed by atoms with Crippen molar-refractivity contribution in [3.05, 3.63) is 53.6 Å². The third-order valence-electron chi connectivity index (χ3n) is 3.80. The second-order valence-electron chi connectivity index (χ2n) is 5.58. The number of nitrogens with zero attached hydrogens (tertiary/aromatic N) is 3. The topological polar surface area (TPSA) is 75.1 Å². The summed E-state index contributed by atoms with van der Waals surface area (Å²) in [5.74, 6) is 0.561. The lowest BCUT2D eigenvalue weighted by molar-refractivity contribution is -0.119. The van der Waals surface area contributed by atoms with E-state index < -0.39 is 0 Å². The van der Waals surface area contributed by atoms with Crippen LogP contribution in [0, 0.1) is 0 Å². The van der Waals surface area contributed by atoms with Gasteiger partial charge in [0.2, 0.25) is 11.7 Å². The van der Waals surface area contributed by atoms with E-state index >= 15 is 0 Å². The summed E-state index contributed by atoms with van der Waals surface area (Å²) in [7, 11) is 0. The highest BCUT2D eigenvalue weighted by Gasteiger charge is 2.12. The van der Waals surface area contributed by atoms with Gasteiger partial charge in [0.15, 0.2) is 0 Å². The van der Waals surface area contributed by atoms with Crippen molar-refractivity contribution in [3.8, 4) is 11.3 Å². The molecule has 0 bridgehead atoms. The van der Waals surface area contributed by atoms with Crippen LogP contribution in [-0.4, -0.2) is 25.3 Å². The van der Waals surface area contributed by atoms with E-state index in [-0.39, 0.29) is 5.91 Å². The Labute approximate surface area is 142 Å². The van der Waals surface area contributed by atoms with Gasteiger partial charge in [-0.3, -0.25) is 9.20 Å². The molecular weight excluding hydrogens is 326 g/mol. The quantitative estimate of drug-likeness (QED) is 0.602. The Bertz CT molecular complexity index is 1030. The molecule has 0 saturated heterocycles. The fraction of sp³-hybridized carbons (Fsp3) is 0.118. The van der Waals surface area contributed by atoms with Crippen molar-refractivity contribution in [1.82, 2.24) is 24.7 Å². The molecule has 4 aromatic rings. The number of hydrogen-bond acceptors (Lipinski definition) is 3. The normalized spacial score (nSPS) is 11.2. The summed E-state index contributed by atoms with van der Waals surface area (Å²) in [5.41, 5.74) is 3.46. The number of aromatic nitrogens is 4. The van der Waals surface area contributed by atoms with Gasteiger partial charge in [-0.15, -0.1) is 0 Å². The second-order valence-corrected chi connectivity index (χ2v) is 5.98. The molecule has 0 atom stereocenters. The molecule has 0 aliphatic carbocycles. The van der Waals surface area contributed by atoms with Crippen LogP contribution in [0.15, 0.2) is 42.9 Å². The molecule has 0 spiro atoms. The van der Waals surface area contributed by atoms with E-state index in [0.29, 0.717) is 17.3 Å². The Balaban J connectivity index is 1.77. The number of rotatable bonds is 3. The SMILES string of the molecule is CC(=O)NCc1cc2cc(Cl)c(-c3cn4cccnc4n3)cc2[nH]1. The molecule has 1 aromatic carbocycles. The summed E-state index contributed by atoms with van der Waals surface area (Å²) in [6.07, 6.45) is 5.50. The zero-order valence-corrected chi connectivity index (χ0v) is 13.6. The lowest BCUT2D eigenvalue weighted by atomic mass is 10.1. The maximum atomic E-state index is 11.0. The smallest absolute Gasteiger partial charge is 0.234 e. The van der Waals surface area contributed by atoms with Crippen molar-refractivity contribution in [2.75, 3.05) is 0 Å². The molecule has 1 amide bonds. The number of carbonyl (C=O) groups excluding carboxylic acids is 1. The van der Waals surface area contributed by atoms with Crippen molar-refractivity contribution in [1.29, 1.82) is 0 Å². The molecule has 7 heteroatoms. The van der Waals surface area contributed by atoms with Gasteiger partial charge >= 0.3 is 0 Å². The number of nitrogens with one attached hydrogen (secondary N) is 2. The van der Waals surface area contributed by atoms with Gasteiger partial charge in [-0.05, 0) is 24.3 Å². The van der Waals surface area contributed by atoms with Crippen LogP contribution in [0.5, 0.6) is 0 Å².